The molecule has 2 aromatic rings. The number of thiophene rings is 1. The minimum Gasteiger partial charge on any atom is -0.297 e. The van der Waals surface area contributed by atoms with Crippen LogP contribution in [0.25, 0.3) is 10.2 Å². The lowest BCUT2D eigenvalue weighted by Gasteiger charge is -2.02. The average molecular weight is 234 g/mol. The molecule has 0 N–H and O–H groups in total. The minimum absolute atomic E-state index is 0.111. The molecule has 2 aromatic heterocycles. The van der Waals surface area contributed by atoms with Gasteiger partial charge in [-0.3, -0.25) is 14.2 Å². The summed E-state index contributed by atoms with van der Waals surface area (Å²) in [6, 6.07) is 1.76. The summed E-state index contributed by atoms with van der Waals surface area (Å²) in [6.45, 7) is 0.169. The fourth-order valence-electron chi connectivity index (χ4n) is 1.71. The molecule has 4 nitrogen and oxygen atoms in total. The molecule has 3 rings (SSSR count). The van der Waals surface area contributed by atoms with Crippen molar-refractivity contribution in [2.24, 2.45) is 5.92 Å². The molecule has 1 aliphatic carbocycles. The number of fused-ring (bicyclic) bond motifs is 1. The van der Waals surface area contributed by atoms with Gasteiger partial charge in [0.05, 0.1) is 18.3 Å². The molecule has 0 aromatic carbocycles. The Morgan fingerprint density at radius 3 is 3.12 bits per heavy atom. The van der Waals surface area contributed by atoms with Gasteiger partial charge in [-0.25, -0.2) is 4.98 Å². The smallest absolute Gasteiger partial charge is 0.262 e. The predicted octanol–water partition coefficient (Wildman–Crippen LogP) is 1.44. The van der Waals surface area contributed by atoms with Gasteiger partial charge in [0, 0.05) is 5.92 Å². The van der Waals surface area contributed by atoms with E-state index in [4.69, 9.17) is 0 Å². The Morgan fingerprint density at radius 2 is 2.38 bits per heavy atom. The third kappa shape index (κ3) is 1.57. The summed E-state index contributed by atoms with van der Waals surface area (Å²) in [5.41, 5.74) is -0.111. The van der Waals surface area contributed by atoms with Crippen LogP contribution in [-0.2, 0) is 11.3 Å². The first-order valence-electron chi connectivity index (χ1n) is 5.21. The fourth-order valence-corrected chi connectivity index (χ4v) is 2.43. The van der Waals surface area contributed by atoms with Gasteiger partial charge in [-0.15, -0.1) is 11.3 Å². The van der Waals surface area contributed by atoms with Crippen molar-refractivity contribution in [3.63, 3.8) is 0 Å². The summed E-state index contributed by atoms with van der Waals surface area (Å²) >= 11 is 1.44. The fraction of sp³-hybridized carbons (Fsp3) is 0.364. The van der Waals surface area contributed by atoms with Gasteiger partial charge in [-0.05, 0) is 24.3 Å². The number of carbonyl (C=O) groups excluding carboxylic acids is 1. The van der Waals surface area contributed by atoms with Crippen LogP contribution in [0.1, 0.15) is 12.8 Å². The second-order valence-corrected chi connectivity index (χ2v) is 4.95. The Balaban J connectivity index is 1.99. The molecule has 1 fully saturated rings. The van der Waals surface area contributed by atoms with Crippen LogP contribution >= 0.6 is 11.3 Å². The maximum Gasteiger partial charge on any atom is 0.262 e. The number of nitrogens with zero attached hydrogens (tertiary/aromatic N) is 2. The van der Waals surface area contributed by atoms with Crippen LogP contribution in [-0.4, -0.2) is 15.3 Å². The molecule has 0 atom stereocenters. The standard InChI is InChI=1S/C11H10N2O2S/c14-9(7-1-2-7)5-13-6-12-10-8(11(13)15)3-4-16-10/h3-4,6-7H,1-2,5H2. The van der Waals surface area contributed by atoms with E-state index in [0.717, 1.165) is 17.7 Å². The molecule has 0 unspecified atom stereocenters. The number of ketones is 1. The molecule has 0 spiro atoms. The summed E-state index contributed by atoms with van der Waals surface area (Å²) in [7, 11) is 0. The highest BCUT2D eigenvalue weighted by atomic mass is 32.1. The van der Waals surface area contributed by atoms with E-state index in [1.165, 1.54) is 22.2 Å². The van der Waals surface area contributed by atoms with E-state index in [-0.39, 0.29) is 23.8 Å². The van der Waals surface area contributed by atoms with E-state index in [2.05, 4.69) is 4.98 Å². The number of hydrogen-bond donors (Lipinski definition) is 0. The topological polar surface area (TPSA) is 52.0 Å². The van der Waals surface area contributed by atoms with E-state index in [1.54, 1.807) is 6.07 Å². The van der Waals surface area contributed by atoms with Crippen LogP contribution in [0.5, 0.6) is 0 Å². The highest BCUT2D eigenvalue weighted by Gasteiger charge is 2.29. The quantitative estimate of drug-likeness (QED) is 0.807. The molecule has 0 bridgehead atoms. The van der Waals surface area contributed by atoms with Crippen molar-refractivity contribution in [1.29, 1.82) is 0 Å². The van der Waals surface area contributed by atoms with Gasteiger partial charge < -0.3 is 0 Å². The highest BCUT2D eigenvalue weighted by Crippen LogP contribution is 2.30. The number of Topliss-reactive ketones (excluding diaryl/α,β-unsaturated/α-hetero) is 1. The average Bonchev–Trinajstić information content (AvgIpc) is 3.01. The largest absolute Gasteiger partial charge is 0.297 e. The summed E-state index contributed by atoms with van der Waals surface area (Å²) in [5, 5.41) is 2.45. The first-order valence-corrected chi connectivity index (χ1v) is 6.09. The summed E-state index contributed by atoms with van der Waals surface area (Å²) in [6.07, 6.45) is 3.42. The Labute approximate surface area is 95.5 Å². The van der Waals surface area contributed by atoms with Crippen LogP contribution in [0, 0.1) is 5.92 Å². The van der Waals surface area contributed by atoms with E-state index in [1.807, 2.05) is 5.38 Å². The van der Waals surface area contributed by atoms with Gasteiger partial charge in [-0.1, -0.05) is 0 Å². The number of hydrogen-bond acceptors (Lipinski definition) is 4. The van der Waals surface area contributed by atoms with Gasteiger partial charge in [0.2, 0.25) is 0 Å². The van der Waals surface area contributed by atoms with Crippen molar-refractivity contribution in [3.8, 4) is 0 Å². The van der Waals surface area contributed by atoms with E-state index >= 15 is 0 Å². The zero-order valence-electron chi connectivity index (χ0n) is 8.55. The van der Waals surface area contributed by atoms with E-state index in [9.17, 15) is 9.59 Å². The SMILES string of the molecule is O=C(Cn1cnc2sccc2c1=O)C1CC1. The van der Waals surface area contributed by atoms with Crippen LogP contribution in [0.15, 0.2) is 22.6 Å². The lowest BCUT2D eigenvalue weighted by atomic mass is 10.2. The first kappa shape index (κ1) is 9.72. The van der Waals surface area contributed by atoms with Gasteiger partial charge in [0.25, 0.3) is 5.56 Å². The first-order chi connectivity index (χ1) is 7.75. The lowest BCUT2D eigenvalue weighted by Crippen LogP contribution is -2.24. The molecule has 0 aliphatic heterocycles. The van der Waals surface area contributed by atoms with Crippen LogP contribution in [0.4, 0.5) is 0 Å². The second-order valence-electron chi connectivity index (χ2n) is 4.06. The van der Waals surface area contributed by atoms with Crippen LogP contribution in [0.3, 0.4) is 0 Å². The summed E-state index contributed by atoms with van der Waals surface area (Å²) in [5.74, 6) is 0.337. The number of carbonyl (C=O) groups is 1. The monoisotopic (exact) mass is 234 g/mol. The maximum atomic E-state index is 11.9. The van der Waals surface area contributed by atoms with Gasteiger partial charge in [-0.2, -0.15) is 0 Å². The van der Waals surface area contributed by atoms with Crippen molar-refractivity contribution in [2.75, 3.05) is 0 Å². The van der Waals surface area contributed by atoms with Gasteiger partial charge in [0.1, 0.15) is 4.83 Å². The zero-order valence-corrected chi connectivity index (χ0v) is 9.37. The Hall–Kier alpha value is -1.49. The molecule has 82 valence electrons. The normalized spacial score (nSPS) is 15.5. The van der Waals surface area contributed by atoms with Crippen molar-refractivity contribution in [2.45, 2.75) is 19.4 Å². The molecule has 1 aliphatic rings. The summed E-state index contributed by atoms with van der Waals surface area (Å²) in [4.78, 5) is 28.5. The van der Waals surface area contributed by atoms with Crippen molar-refractivity contribution in [1.82, 2.24) is 9.55 Å². The van der Waals surface area contributed by atoms with Crippen molar-refractivity contribution >= 4 is 27.3 Å². The Kier molecular flexibility index (Phi) is 2.14. The lowest BCUT2D eigenvalue weighted by molar-refractivity contribution is -0.120. The zero-order chi connectivity index (χ0) is 11.1. The van der Waals surface area contributed by atoms with Crippen molar-refractivity contribution in [3.05, 3.63) is 28.1 Å². The molecular weight excluding hydrogens is 224 g/mol. The summed E-state index contributed by atoms with van der Waals surface area (Å²) < 4.78 is 1.41. The molecule has 16 heavy (non-hydrogen) atoms. The third-order valence-corrected chi connectivity index (χ3v) is 3.63. The second kappa shape index (κ2) is 3.52. The van der Waals surface area contributed by atoms with Gasteiger partial charge >= 0.3 is 0 Å². The molecular formula is C11H10N2O2S. The minimum atomic E-state index is -0.111. The highest BCUT2D eigenvalue weighted by molar-refractivity contribution is 7.16. The molecule has 1 saturated carbocycles. The van der Waals surface area contributed by atoms with E-state index < -0.39 is 0 Å². The Bertz CT molecular complexity index is 610. The van der Waals surface area contributed by atoms with E-state index in [0.29, 0.717) is 5.39 Å². The van der Waals surface area contributed by atoms with Crippen LogP contribution in [0.2, 0.25) is 0 Å². The molecule has 0 saturated heterocycles. The molecule has 0 radical (unpaired) electrons. The molecule has 0 amide bonds. The van der Waals surface area contributed by atoms with Gasteiger partial charge in [0.15, 0.2) is 5.78 Å². The van der Waals surface area contributed by atoms with Crippen LogP contribution < -0.4 is 5.56 Å². The Morgan fingerprint density at radius 1 is 1.56 bits per heavy atom. The maximum absolute atomic E-state index is 11.9. The predicted molar refractivity (Wildman–Crippen MR) is 61.6 cm³/mol. The molecule has 5 heteroatoms. The number of aromatic nitrogens is 2. The molecule has 2 heterocycles. The van der Waals surface area contributed by atoms with Crippen molar-refractivity contribution < 1.29 is 4.79 Å². The third-order valence-electron chi connectivity index (χ3n) is 2.81. The number of rotatable bonds is 3.